The number of fused-ring (bicyclic) bond motifs is 3. The van der Waals surface area contributed by atoms with Crippen molar-refractivity contribution in [2.75, 3.05) is 17.7 Å². The third-order valence-corrected chi connectivity index (χ3v) is 9.58. The van der Waals surface area contributed by atoms with Crippen molar-refractivity contribution in [1.82, 2.24) is 14.7 Å². The van der Waals surface area contributed by atoms with Crippen LogP contribution in [0.15, 0.2) is 84.9 Å². The second-order valence-electron chi connectivity index (χ2n) is 12.5. The second kappa shape index (κ2) is 11.2. The summed E-state index contributed by atoms with van der Waals surface area (Å²) in [5.74, 6) is -1.19. The van der Waals surface area contributed by atoms with Crippen LogP contribution < -0.4 is 10.6 Å². The van der Waals surface area contributed by atoms with Crippen LogP contribution >= 0.6 is 0 Å². The number of halogens is 3. The molecule has 3 heterocycles. The van der Waals surface area contributed by atoms with Crippen molar-refractivity contribution in [1.29, 1.82) is 0 Å². The van der Waals surface area contributed by atoms with E-state index in [4.69, 9.17) is 0 Å². The summed E-state index contributed by atoms with van der Waals surface area (Å²) in [6, 6.07) is 25.8. The summed E-state index contributed by atoms with van der Waals surface area (Å²) in [5.41, 5.74) is 7.44. The first-order chi connectivity index (χ1) is 22.0. The van der Waals surface area contributed by atoms with Crippen molar-refractivity contribution < 1.29 is 23.1 Å². The maximum absolute atomic E-state index is 14.5. The Morgan fingerprint density at radius 1 is 0.826 bits per heavy atom. The predicted molar refractivity (Wildman–Crippen MR) is 170 cm³/mol. The van der Waals surface area contributed by atoms with Gasteiger partial charge in [-0.3, -0.25) is 9.69 Å². The van der Waals surface area contributed by atoms with Gasteiger partial charge < -0.3 is 15.7 Å². The molecule has 0 saturated carbocycles. The SMILES string of the molecule is Cc1cc2c(c(C(C)Nc3ccccc3C(O)C(F)(F)F)c1)NC(N1Cc3ccccc3C1)(N1Cc3ccccc3C1)N(C)C2=O. The molecule has 3 aliphatic heterocycles. The normalized spacial score (nSPS) is 18.8. The van der Waals surface area contributed by atoms with E-state index in [1.807, 2.05) is 57.3 Å². The van der Waals surface area contributed by atoms with Gasteiger partial charge >= 0.3 is 6.18 Å². The highest BCUT2D eigenvalue weighted by atomic mass is 19.4. The number of nitrogens with zero attached hydrogens (tertiary/aromatic N) is 3. The van der Waals surface area contributed by atoms with Gasteiger partial charge in [-0.05, 0) is 59.4 Å². The molecule has 3 N–H and O–H groups in total. The zero-order valence-electron chi connectivity index (χ0n) is 25.9. The molecule has 10 heteroatoms. The Bertz CT molecular complexity index is 1720. The third-order valence-electron chi connectivity index (χ3n) is 9.58. The van der Waals surface area contributed by atoms with E-state index in [1.165, 1.54) is 40.5 Å². The highest BCUT2D eigenvalue weighted by Gasteiger charge is 2.54. The topological polar surface area (TPSA) is 71.1 Å². The number of aryl methyl sites for hydroxylation is 1. The summed E-state index contributed by atoms with van der Waals surface area (Å²) in [7, 11) is 1.84. The van der Waals surface area contributed by atoms with Gasteiger partial charge in [0, 0.05) is 44.5 Å². The molecule has 4 aromatic carbocycles. The molecular weight excluding hydrogens is 591 g/mol. The number of benzene rings is 4. The second-order valence-corrected chi connectivity index (χ2v) is 12.5. The van der Waals surface area contributed by atoms with Crippen molar-refractivity contribution in [3.63, 3.8) is 0 Å². The summed E-state index contributed by atoms with van der Waals surface area (Å²) in [5, 5.41) is 17.2. The maximum Gasteiger partial charge on any atom is 0.418 e. The van der Waals surface area contributed by atoms with Gasteiger partial charge in [-0.25, -0.2) is 9.80 Å². The fraction of sp³-hybridized carbons (Fsp3) is 0.306. The van der Waals surface area contributed by atoms with E-state index in [0.717, 1.165) is 11.1 Å². The monoisotopic (exact) mass is 627 g/mol. The lowest BCUT2D eigenvalue weighted by Gasteiger charge is -2.56. The molecule has 0 bridgehead atoms. The lowest BCUT2D eigenvalue weighted by atomic mass is 9.94. The number of para-hydroxylation sites is 1. The highest BCUT2D eigenvalue weighted by Crippen LogP contribution is 2.46. The van der Waals surface area contributed by atoms with E-state index in [9.17, 15) is 23.1 Å². The largest absolute Gasteiger partial charge is 0.418 e. The first kappa shape index (κ1) is 30.3. The number of carbonyl (C=O) groups excluding carboxylic acids is 1. The summed E-state index contributed by atoms with van der Waals surface area (Å²) in [4.78, 5) is 20.9. The molecule has 7 rings (SSSR count). The third kappa shape index (κ3) is 4.92. The molecular formula is C36H36F3N5O2. The number of aliphatic hydroxyl groups is 1. The lowest BCUT2D eigenvalue weighted by Crippen LogP contribution is -2.74. The number of hydrogen-bond acceptors (Lipinski definition) is 6. The van der Waals surface area contributed by atoms with Crippen molar-refractivity contribution in [2.24, 2.45) is 0 Å². The molecule has 4 aromatic rings. The molecule has 0 radical (unpaired) electrons. The molecule has 238 valence electrons. The van der Waals surface area contributed by atoms with Gasteiger partial charge in [0.05, 0.1) is 17.3 Å². The van der Waals surface area contributed by atoms with Crippen molar-refractivity contribution in [3.8, 4) is 0 Å². The Balaban J connectivity index is 1.32. The molecule has 0 aliphatic carbocycles. The standard InChI is InChI=1S/C36H36F3N5O2/c1-22-16-29(23(2)40-31-15-9-8-14-28(31)33(45)35(37,38)39)32-30(17-22)34(46)42(3)36(41-32,43-18-24-10-4-5-11-25(24)19-43)44-20-26-12-6-7-13-27(26)21-44/h4-17,23,33,40-41,45H,18-21H2,1-3H3. The predicted octanol–water partition coefficient (Wildman–Crippen LogP) is 6.90. The Labute approximate surface area is 266 Å². The Morgan fingerprint density at radius 3 is 1.85 bits per heavy atom. The average Bonchev–Trinajstić information content (AvgIpc) is 3.67. The van der Waals surface area contributed by atoms with Gasteiger partial charge in [0.2, 0.25) is 5.91 Å². The van der Waals surface area contributed by atoms with Crippen LogP contribution in [-0.4, -0.2) is 44.8 Å². The molecule has 2 atom stereocenters. The maximum atomic E-state index is 14.5. The van der Waals surface area contributed by atoms with Crippen LogP contribution in [0.25, 0.3) is 0 Å². The molecule has 2 unspecified atom stereocenters. The van der Waals surface area contributed by atoms with E-state index >= 15 is 0 Å². The van der Waals surface area contributed by atoms with Crippen molar-refractivity contribution in [2.45, 2.75) is 64.3 Å². The van der Waals surface area contributed by atoms with Gasteiger partial charge in [-0.2, -0.15) is 13.2 Å². The molecule has 0 aromatic heterocycles. The summed E-state index contributed by atoms with van der Waals surface area (Å²) in [6.45, 7) is 6.26. The number of nitrogens with one attached hydrogen (secondary N) is 2. The molecule has 3 aliphatic rings. The van der Waals surface area contributed by atoms with Gasteiger partial charge in [-0.15, -0.1) is 0 Å². The molecule has 0 saturated heterocycles. The molecule has 7 nitrogen and oxygen atoms in total. The molecule has 0 fully saturated rings. The zero-order chi connectivity index (χ0) is 32.4. The highest BCUT2D eigenvalue weighted by molar-refractivity contribution is 6.03. The van der Waals surface area contributed by atoms with E-state index in [0.29, 0.717) is 37.4 Å². The van der Waals surface area contributed by atoms with Crippen LogP contribution in [0.1, 0.15) is 68.4 Å². The minimum atomic E-state index is -4.82. The van der Waals surface area contributed by atoms with E-state index in [2.05, 4.69) is 44.7 Å². The van der Waals surface area contributed by atoms with E-state index in [1.54, 1.807) is 11.0 Å². The summed E-state index contributed by atoms with van der Waals surface area (Å²) < 4.78 is 40.7. The smallest absolute Gasteiger partial charge is 0.379 e. The minimum Gasteiger partial charge on any atom is -0.379 e. The molecule has 46 heavy (non-hydrogen) atoms. The summed E-state index contributed by atoms with van der Waals surface area (Å²) >= 11 is 0. The fourth-order valence-corrected chi connectivity index (χ4v) is 7.28. The van der Waals surface area contributed by atoms with Crippen molar-refractivity contribution in [3.05, 3.63) is 129 Å². The van der Waals surface area contributed by atoms with Gasteiger partial charge in [0.1, 0.15) is 0 Å². The van der Waals surface area contributed by atoms with Crippen LogP contribution in [0.2, 0.25) is 0 Å². The van der Waals surface area contributed by atoms with Crippen LogP contribution in [0.4, 0.5) is 24.5 Å². The van der Waals surface area contributed by atoms with Crippen LogP contribution in [0.5, 0.6) is 0 Å². The first-order valence-electron chi connectivity index (χ1n) is 15.4. The minimum absolute atomic E-state index is 0.147. The number of carbonyl (C=O) groups is 1. The quantitative estimate of drug-likeness (QED) is 0.216. The summed E-state index contributed by atoms with van der Waals surface area (Å²) in [6.07, 6.45) is -7.45. The van der Waals surface area contributed by atoms with Crippen molar-refractivity contribution >= 4 is 17.3 Å². The Morgan fingerprint density at radius 2 is 1.33 bits per heavy atom. The van der Waals surface area contributed by atoms with E-state index in [-0.39, 0.29) is 17.2 Å². The lowest BCUT2D eigenvalue weighted by molar-refractivity contribution is -0.206. The first-order valence-corrected chi connectivity index (χ1v) is 15.4. The molecule has 0 spiro atoms. The number of rotatable bonds is 6. The Kier molecular flexibility index (Phi) is 7.34. The number of anilines is 2. The van der Waals surface area contributed by atoms with E-state index < -0.39 is 24.2 Å². The zero-order valence-corrected chi connectivity index (χ0v) is 25.9. The number of amides is 1. The fourth-order valence-electron chi connectivity index (χ4n) is 7.28. The van der Waals surface area contributed by atoms with Crippen LogP contribution in [0, 0.1) is 6.92 Å². The number of alkyl halides is 3. The number of hydrogen-bond donors (Lipinski definition) is 3. The van der Waals surface area contributed by atoms with Crippen LogP contribution in [0.3, 0.4) is 0 Å². The number of aliphatic hydroxyl groups excluding tert-OH is 1. The van der Waals surface area contributed by atoms with Gasteiger partial charge in [-0.1, -0.05) is 72.8 Å². The molecule has 1 amide bonds. The Hall–Kier alpha value is -4.38. The van der Waals surface area contributed by atoms with Crippen LogP contribution in [-0.2, 0) is 26.2 Å². The average molecular weight is 628 g/mol. The van der Waals surface area contributed by atoms with Gasteiger partial charge in [0.15, 0.2) is 6.10 Å². The van der Waals surface area contributed by atoms with Gasteiger partial charge in [0.25, 0.3) is 5.91 Å².